The number of hydrogen-bond acceptors (Lipinski definition) is 1. The first-order valence-corrected chi connectivity index (χ1v) is 2.42. The number of rotatable bonds is 2. The molecule has 2 nitrogen and oxygen atoms in total. The molecule has 0 saturated heterocycles. The smallest absolute Gasteiger partial charge is 0.0707 e. The van der Waals surface area contributed by atoms with E-state index < -0.39 is 0 Å². The van der Waals surface area contributed by atoms with Gasteiger partial charge in [-0.05, 0) is 13.8 Å². The Hall–Kier alpha value is -0.0800. The molecule has 0 aromatic carbocycles. The summed E-state index contributed by atoms with van der Waals surface area (Å²) in [5.41, 5.74) is 7.06. The van der Waals surface area contributed by atoms with Gasteiger partial charge in [0, 0.05) is 13.2 Å². The standard InChI is InChI=1S/C5H12NO/c1-4(6)5(2)7-3/h4-6H,1-3H3. The zero-order valence-electron chi connectivity index (χ0n) is 5.06. The first-order chi connectivity index (χ1) is 3.18. The number of ether oxygens (including phenoxy) is 1. The monoisotopic (exact) mass is 102 g/mol. The predicted molar refractivity (Wildman–Crippen MR) is 29.0 cm³/mol. The molecule has 2 heteroatoms. The summed E-state index contributed by atoms with van der Waals surface area (Å²) in [6, 6.07) is -0.106. The summed E-state index contributed by atoms with van der Waals surface area (Å²) >= 11 is 0. The highest BCUT2D eigenvalue weighted by molar-refractivity contribution is 4.59. The van der Waals surface area contributed by atoms with Gasteiger partial charge in [0.1, 0.15) is 0 Å². The Morgan fingerprint density at radius 1 is 1.43 bits per heavy atom. The van der Waals surface area contributed by atoms with E-state index in [1.807, 2.05) is 13.8 Å². The molecule has 1 radical (unpaired) electrons. The van der Waals surface area contributed by atoms with Crippen LogP contribution in [0.4, 0.5) is 0 Å². The van der Waals surface area contributed by atoms with Crippen molar-refractivity contribution in [3.8, 4) is 0 Å². The number of nitrogens with one attached hydrogen (secondary N) is 1. The van der Waals surface area contributed by atoms with Crippen molar-refractivity contribution in [2.24, 2.45) is 0 Å². The van der Waals surface area contributed by atoms with Crippen molar-refractivity contribution in [3.05, 3.63) is 0 Å². The van der Waals surface area contributed by atoms with Crippen LogP contribution in [0.25, 0.3) is 0 Å². The van der Waals surface area contributed by atoms with Gasteiger partial charge in [-0.2, -0.15) is 0 Å². The van der Waals surface area contributed by atoms with E-state index in [0.717, 1.165) is 0 Å². The third-order valence-electron chi connectivity index (χ3n) is 1.08. The van der Waals surface area contributed by atoms with Gasteiger partial charge in [0.05, 0.1) is 6.10 Å². The van der Waals surface area contributed by atoms with Gasteiger partial charge in [-0.3, -0.25) is 5.73 Å². The summed E-state index contributed by atoms with van der Waals surface area (Å²) in [7, 11) is 1.62. The quantitative estimate of drug-likeness (QED) is 0.505. The van der Waals surface area contributed by atoms with E-state index in [4.69, 9.17) is 10.5 Å². The van der Waals surface area contributed by atoms with E-state index in [0.29, 0.717) is 0 Å². The second-order valence-electron chi connectivity index (χ2n) is 1.73. The van der Waals surface area contributed by atoms with E-state index in [1.54, 1.807) is 7.11 Å². The lowest BCUT2D eigenvalue weighted by Gasteiger charge is -2.10. The summed E-state index contributed by atoms with van der Waals surface area (Å²) in [6.07, 6.45) is 0.0694. The largest absolute Gasteiger partial charge is 0.380 e. The summed E-state index contributed by atoms with van der Waals surface area (Å²) in [5.74, 6) is 0. The predicted octanol–water partition coefficient (Wildman–Crippen LogP) is 0.693. The van der Waals surface area contributed by atoms with Gasteiger partial charge in [0.25, 0.3) is 0 Å². The van der Waals surface area contributed by atoms with Crippen molar-refractivity contribution in [2.75, 3.05) is 7.11 Å². The van der Waals surface area contributed by atoms with Crippen LogP contribution in [0, 0.1) is 0 Å². The fourth-order valence-electron chi connectivity index (χ4n) is 0.204. The van der Waals surface area contributed by atoms with Crippen LogP contribution in [0.15, 0.2) is 0 Å². The minimum atomic E-state index is -0.106. The molecule has 0 fully saturated rings. The van der Waals surface area contributed by atoms with Crippen LogP contribution >= 0.6 is 0 Å². The molecule has 0 bridgehead atoms. The van der Waals surface area contributed by atoms with Crippen molar-refractivity contribution in [1.29, 1.82) is 0 Å². The van der Waals surface area contributed by atoms with Crippen LogP contribution < -0.4 is 5.73 Å². The third-order valence-corrected chi connectivity index (χ3v) is 1.08. The van der Waals surface area contributed by atoms with Crippen LogP contribution in [-0.2, 0) is 4.74 Å². The van der Waals surface area contributed by atoms with Gasteiger partial charge in [-0.15, -0.1) is 0 Å². The van der Waals surface area contributed by atoms with Crippen LogP contribution in [-0.4, -0.2) is 19.3 Å². The van der Waals surface area contributed by atoms with Gasteiger partial charge in [0.2, 0.25) is 0 Å². The van der Waals surface area contributed by atoms with Crippen molar-refractivity contribution < 1.29 is 4.74 Å². The van der Waals surface area contributed by atoms with Gasteiger partial charge >= 0.3 is 0 Å². The molecule has 0 aliphatic rings. The second-order valence-corrected chi connectivity index (χ2v) is 1.73. The molecule has 2 atom stereocenters. The minimum absolute atomic E-state index is 0.0694. The molecule has 2 unspecified atom stereocenters. The van der Waals surface area contributed by atoms with Gasteiger partial charge in [0.15, 0.2) is 0 Å². The molecular weight excluding hydrogens is 90.1 g/mol. The molecule has 0 spiro atoms. The molecule has 43 valence electrons. The van der Waals surface area contributed by atoms with Gasteiger partial charge < -0.3 is 4.74 Å². The molecule has 0 heterocycles. The van der Waals surface area contributed by atoms with Gasteiger partial charge in [-0.1, -0.05) is 0 Å². The van der Waals surface area contributed by atoms with E-state index in [9.17, 15) is 0 Å². The summed E-state index contributed by atoms with van der Waals surface area (Å²) < 4.78 is 4.82. The molecule has 0 aliphatic carbocycles. The maximum absolute atomic E-state index is 7.06. The average molecular weight is 102 g/mol. The maximum Gasteiger partial charge on any atom is 0.0707 e. The minimum Gasteiger partial charge on any atom is -0.380 e. The topological polar surface area (TPSA) is 33.0 Å². The van der Waals surface area contributed by atoms with Crippen molar-refractivity contribution in [1.82, 2.24) is 5.73 Å². The first kappa shape index (κ1) is 6.92. The Labute approximate surface area is 44.7 Å². The molecule has 0 rings (SSSR count). The Morgan fingerprint density at radius 2 is 1.86 bits per heavy atom. The SMILES string of the molecule is COC(C)C(C)[NH]. The zero-order valence-corrected chi connectivity index (χ0v) is 5.06. The Morgan fingerprint density at radius 3 is 1.86 bits per heavy atom. The average Bonchev–Trinajstić information content (AvgIpc) is 1.65. The van der Waals surface area contributed by atoms with E-state index in [2.05, 4.69) is 0 Å². The Balaban J connectivity index is 3.14. The van der Waals surface area contributed by atoms with E-state index in [-0.39, 0.29) is 12.1 Å². The highest BCUT2D eigenvalue weighted by Gasteiger charge is 2.03. The molecule has 0 aliphatic heterocycles. The third kappa shape index (κ3) is 2.60. The van der Waals surface area contributed by atoms with Crippen LogP contribution in [0.1, 0.15) is 13.8 Å². The zero-order chi connectivity index (χ0) is 5.86. The first-order valence-electron chi connectivity index (χ1n) is 2.42. The lowest BCUT2D eigenvalue weighted by molar-refractivity contribution is 0.0986. The molecule has 0 saturated carbocycles. The van der Waals surface area contributed by atoms with Crippen molar-refractivity contribution >= 4 is 0 Å². The van der Waals surface area contributed by atoms with Gasteiger partial charge in [-0.25, -0.2) is 0 Å². The molecule has 0 aromatic heterocycles. The lowest BCUT2D eigenvalue weighted by Crippen LogP contribution is -2.22. The molecule has 0 aromatic rings. The molecule has 0 amide bonds. The summed E-state index contributed by atoms with van der Waals surface area (Å²) in [4.78, 5) is 0. The highest BCUT2D eigenvalue weighted by Crippen LogP contribution is 1.91. The van der Waals surface area contributed by atoms with Crippen molar-refractivity contribution in [2.45, 2.75) is 26.0 Å². The highest BCUT2D eigenvalue weighted by atomic mass is 16.5. The molecule has 7 heavy (non-hydrogen) atoms. The lowest BCUT2D eigenvalue weighted by atomic mass is 10.2. The number of hydrogen-bond donors (Lipinski definition) is 0. The fraction of sp³-hybridized carbons (Fsp3) is 1.00. The van der Waals surface area contributed by atoms with E-state index in [1.165, 1.54) is 0 Å². The summed E-state index contributed by atoms with van der Waals surface area (Å²) in [5, 5.41) is 0. The molecular formula is C5H12NO. The van der Waals surface area contributed by atoms with Crippen molar-refractivity contribution in [3.63, 3.8) is 0 Å². The normalized spacial score (nSPS) is 18.9. The molecule has 1 N–H and O–H groups in total. The maximum atomic E-state index is 7.06. The number of methoxy groups -OCH3 is 1. The Bertz CT molecular complexity index is 45.3. The van der Waals surface area contributed by atoms with E-state index >= 15 is 0 Å². The van der Waals surface area contributed by atoms with Crippen LogP contribution in [0.2, 0.25) is 0 Å². The Kier molecular flexibility index (Phi) is 2.96. The fourth-order valence-corrected chi connectivity index (χ4v) is 0.204. The van der Waals surface area contributed by atoms with Crippen LogP contribution in [0.3, 0.4) is 0 Å². The summed E-state index contributed by atoms with van der Waals surface area (Å²) in [6.45, 7) is 3.70. The van der Waals surface area contributed by atoms with Crippen LogP contribution in [0.5, 0.6) is 0 Å². The second kappa shape index (κ2) is 2.99.